The van der Waals surface area contributed by atoms with Gasteiger partial charge in [0.05, 0.1) is 6.10 Å². The molecule has 0 amide bonds. The normalized spacial score (nSPS) is 44.3. The van der Waals surface area contributed by atoms with Crippen molar-refractivity contribution in [1.29, 1.82) is 0 Å². The average Bonchev–Trinajstić information content (AvgIpc) is 3.03. The molecule has 4 aliphatic carbocycles. The molecule has 0 aliphatic heterocycles. The van der Waals surface area contributed by atoms with Crippen LogP contribution in [-0.2, 0) is 0 Å². The molecule has 0 saturated heterocycles. The Morgan fingerprint density at radius 3 is 2.21 bits per heavy atom. The monoisotopic (exact) mass is 457 g/mol. The lowest BCUT2D eigenvalue weighted by atomic mass is 9.43. The van der Waals surface area contributed by atoms with Gasteiger partial charge in [-0.15, -0.1) is 0 Å². The van der Waals surface area contributed by atoms with Crippen LogP contribution >= 0.6 is 0 Å². The number of rotatable bonds is 6. The van der Waals surface area contributed by atoms with Crippen LogP contribution in [0.4, 0.5) is 0 Å². The average molecular weight is 458 g/mol. The van der Waals surface area contributed by atoms with E-state index in [0.717, 1.165) is 18.3 Å². The molecule has 2 nitrogen and oxygen atoms in total. The van der Waals surface area contributed by atoms with Crippen molar-refractivity contribution in [3.05, 3.63) is 11.1 Å². The predicted molar refractivity (Wildman–Crippen MR) is 141 cm³/mol. The van der Waals surface area contributed by atoms with Crippen LogP contribution < -0.4 is 5.32 Å². The van der Waals surface area contributed by atoms with Gasteiger partial charge >= 0.3 is 0 Å². The summed E-state index contributed by atoms with van der Waals surface area (Å²) in [5, 5.41) is 14.4. The van der Waals surface area contributed by atoms with Crippen LogP contribution in [-0.4, -0.2) is 24.3 Å². The fraction of sp³-hybridized carbons (Fsp3) is 0.935. The van der Waals surface area contributed by atoms with Gasteiger partial charge in [0.15, 0.2) is 0 Å². The highest BCUT2D eigenvalue weighted by atomic mass is 16.3. The Balaban J connectivity index is 1.60. The smallest absolute Gasteiger partial charge is 0.0594 e. The molecule has 2 N–H and O–H groups in total. The summed E-state index contributed by atoms with van der Waals surface area (Å²) in [6.45, 7) is 19.9. The van der Waals surface area contributed by atoms with Gasteiger partial charge in [-0.2, -0.15) is 0 Å². The number of nitrogens with one attached hydrogen (secondary N) is 1. The second kappa shape index (κ2) is 8.65. The molecule has 2 saturated carbocycles. The van der Waals surface area contributed by atoms with Crippen molar-refractivity contribution in [2.45, 2.75) is 132 Å². The van der Waals surface area contributed by atoms with Gasteiger partial charge in [-0.3, -0.25) is 0 Å². The van der Waals surface area contributed by atoms with Crippen molar-refractivity contribution in [2.24, 2.45) is 45.3 Å². The molecule has 8 atom stereocenters. The maximum Gasteiger partial charge on any atom is 0.0594 e. The molecule has 0 aromatic rings. The molecule has 4 rings (SSSR count). The molecule has 4 aliphatic rings. The molecular formula is C31H55NO. The first-order chi connectivity index (χ1) is 15.3. The zero-order chi connectivity index (χ0) is 24.4. The van der Waals surface area contributed by atoms with Gasteiger partial charge in [0, 0.05) is 6.04 Å². The minimum Gasteiger partial charge on any atom is -0.393 e. The summed E-state index contributed by atoms with van der Waals surface area (Å²) in [5.74, 6) is 3.01. The van der Waals surface area contributed by atoms with Gasteiger partial charge in [0.1, 0.15) is 0 Å². The molecular weight excluding hydrogens is 402 g/mol. The minimum atomic E-state index is -0.133. The number of aliphatic hydroxyl groups is 1. The largest absolute Gasteiger partial charge is 0.393 e. The van der Waals surface area contributed by atoms with E-state index in [0.29, 0.717) is 34.1 Å². The van der Waals surface area contributed by atoms with E-state index in [1.54, 1.807) is 0 Å². The van der Waals surface area contributed by atoms with Crippen LogP contribution in [0.25, 0.3) is 0 Å². The van der Waals surface area contributed by atoms with Crippen LogP contribution in [0.15, 0.2) is 11.1 Å². The molecule has 0 heterocycles. The first-order valence-corrected chi connectivity index (χ1v) is 14.4. The lowest BCUT2D eigenvalue weighted by molar-refractivity contribution is -0.0962. The Kier molecular flexibility index (Phi) is 6.75. The summed E-state index contributed by atoms with van der Waals surface area (Å²) >= 11 is 0. The first-order valence-electron chi connectivity index (χ1n) is 14.4. The summed E-state index contributed by atoms with van der Waals surface area (Å²) in [6, 6.07) is 0.647. The second-order valence-corrected chi connectivity index (χ2v) is 14.4. The molecule has 2 heteroatoms. The van der Waals surface area contributed by atoms with E-state index >= 15 is 0 Å². The van der Waals surface area contributed by atoms with Crippen LogP contribution in [0.2, 0.25) is 0 Å². The van der Waals surface area contributed by atoms with Gasteiger partial charge in [0.2, 0.25) is 0 Å². The van der Waals surface area contributed by atoms with Crippen LogP contribution in [0.3, 0.4) is 0 Å². The van der Waals surface area contributed by atoms with Gasteiger partial charge in [-0.25, -0.2) is 0 Å². The SMILES string of the molecule is CNC(CCC(C)C1CCC2(C)C3=C(CCC12C)C1(C)CCC(O)C(C)(C)C1CC3)C(C)C. The standard InChI is InChI=1S/C31H55NO/c1-20(2)25(32-9)12-10-21(3)22-14-18-31(8)24-11-13-26-28(4,5)27(33)16-17-29(26,6)23(24)15-19-30(22,31)7/h20-22,25-27,32-33H,10-19H2,1-9H3. The van der Waals surface area contributed by atoms with Crippen molar-refractivity contribution in [2.75, 3.05) is 7.05 Å². The lowest BCUT2D eigenvalue weighted by Crippen LogP contribution is -2.55. The van der Waals surface area contributed by atoms with Crippen LogP contribution in [0.1, 0.15) is 120 Å². The Morgan fingerprint density at radius 2 is 1.58 bits per heavy atom. The first kappa shape index (κ1) is 25.7. The summed E-state index contributed by atoms with van der Waals surface area (Å²) in [4.78, 5) is 0. The molecule has 0 radical (unpaired) electrons. The number of aliphatic hydroxyl groups excluding tert-OH is 1. The van der Waals surface area contributed by atoms with Gasteiger partial charge in [-0.05, 0) is 117 Å². The molecule has 0 aromatic carbocycles. The van der Waals surface area contributed by atoms with Gasteiger partial charge in [-0.1, -0.05) is 66.5 Å². The topological polar surface area (TPSA) is 32.3 Å². The highest BCUT2D eigenvalue weighted by Gasteiger charge is 2.63. The minimum absolute atomic E-state index is 0.0418. The maximum atomic E-state index is 10.8. The zero-order valence-corrected chi connectivity index (χ0v) is 23.5. The van der Waals surface area contributed by atoms with E-state index in [2.05, 4.69) is 67.8 Å². The fourth-order valence-corrected chi connectivity index (χ4v) is 10.1. The van der Waals surface area contributed by atoms with Crippen molar-refractivity contribution < 1.29 is 5.11 Å². The molecule has 0 spiro atoms. The third-order valence-corrected chi connectivity index (χ3v) is 12.6. The fourth-order valence-electron chi connectivity index (χ4n) is 10.1. The summed E-state index contributed by atoms with van der Waals surface area (Å²) < 4.78 is 0. The molecule has 2 fully saturated rings. The van der Waals surface area contributed by atoms with E-state index in [1.165, 1.54) is 57.8 Å². The van der Waals surface area contributed by atoms with E-state index in [4.69, 9.17) is 0 Å². The van der Waals surface area contributed by atoms with Gasteiger partial charge in [0.25, 0.3) is 0 Å². The number of hydrogen-bond acceptors (Lipinski definition) is 2. The predicted octanol–water partition coefficient (Wildman–Crippen LogP) is 7.76. The lowest BCUT2D eigenvalue weighted by Gasteiger charge is -2.62. The van der Waals surface area contributed by atoms with Crippen molar-refractivity contribution in [3.63, 3.8) is 0 Å². The van der Waals surface area contributed by atoms with Crippen LogP contribution in [0.5, 0.6) is 0 Å². The third kappa shape index (κ3) is 3.71. The third-order valence-electron chi connectivity index (χ3n) is 12.6. The molecule has 8 unspecified atom stereocenters. The number of allylic oxidation sites excluding steroid dienone is 2. The molecule has 190 valence electrons. The summed E-state index contributed by atoms with van der Waals surface area (Å²) in [6.07, 6.45) is 12.8. The molecule has 0 aromatic heterocycles. The summed E-state index contributed by atoms with van der Waals surface area (Å²) in [7, 11) is 2.14. The molecule has 33 heavy (non-hydrogen) atoms. The van der Waals surface area contributed by atoms with Gasteiger partial charge < -0.3 is 10.4 Å². The van der Waals surface area contributed by atoms with E-state index in [1.807, 2.05) is 11.1 Å². The number of fused-ring (bicyclic) bond motifs is 4. The Hall–Kier alpha value is -0.340. The highest BCUT2D eigenvalue weighted by Crippen LogP contribution is 2.72. The van der Waals surface area contributed by atoms with Crippen molar-refractivity contribution >= 4 is 0 Å². The quantitative estimate of drug-likeness (QED) is 0.399. The Labute approximate surface area is 205 Å². The Bertz CT molecular complexity index is 767. The van der Waals surface area contributed by atoms with E-state index in [-0.39, 0.29) is 11.5 Å². The summed E-state index contributed by atoms with van der Waals surface area (Å²) in [5.41, 5.74) is 4.91. The highest BCUT2D eigenvalue weighted by molar-refractivity contribution is 5.38. The Morgan fingerprint density at radius 1 is 0.879 bits per heavy atom. The second-order valence-electron chi connectivity index (χ2n) is 14.4. The van der Waals surface area contributed by atoms with Crippen molar-refractivity contribution in [3.8, 4) is 0 Å². The maximum absolute atomic E-state index is 10.8. The van der Waals surface area contributed by atoms with E-state index in [9.17, 15) is 5.11 Å². The molecule has 0 bridgehead atoms. The van der Waals surface area contributed by atoms with Crippen LogP contribution in [0, 0.1) is 45.3 Å². The van der Waals surface area contributed by atoms with Crippen molar-refractivity contribution in [1.82, 2.24) is 5.32 Å². The number of hydrogen-bond donors (Lipinski definition) is 2. The van der Waals surface area contributed by atoms with E-state index < -0.39 is 0 Å². The zero-order valence-electron chi connectivity index (χ0n) is 23.5.